The summed E-state index contributed by atoms with van der Waals surface area (Å²) in [7, 11) is 2.10. The lowest BCUT2D eigenvalue weighted by Crippen LogP contribution is -2.44. The molecule has 1 aliphatic heterocycles. The van der Waals surface area contributed by atoms with Crippen molar-refractivity contribution in [2.75, 3.05) is 43.4 Å². The molecule has 0 spiro atoms. The van der Waals surface area contributed by atoms with Gasteiger partial charge in [-0.2, -0.15) is 0 Å². The molecule has 1 N–H and O–H groups in total. The molecule has 138 valence electrons. The average molecular weight is 355 g/mol. The highest BCUT2D eigenvalue weighted by Gasteiger charge is 2.17. The number of anilines is 2. The largest absolute Gasteiger partial charge is 0.491 e. The summed E-state index contributed by atoms with van der Waals surface area (Å²) in [5, 5.41) is 2.86. The highest BCUT2D eigenvalue weighted by molar-refractivity contribution is 6.03. The maximum absolute atomic E-state index is 12.5. The molecule has 1 amide bonds. The van der Waals surface area contributed by atoms with E-state index in [-0.39, 0.29) is 12.0 Å². The first-order valence-electron chi connectivity index (χ1n) is 8.85. The molecular weight excluding hydrogens is 330 g/mol. The van der Waals surface area contributed by atoms with Crippen LogP contribution in [0.25, 0.3) is 0 Å². The third-order valence-electron chi connectivity index (χ3n) is 4.20. The third-order valence-corrected chi connectivity index (χ3v) is 4.20. The summed E-state index contributed by atoms with van der Waals surface area (Å²) in [6, 6.07) is 9.06. The molecule has 0 saturated carbocycles. The summed E-state index contributed by atoms with van der Waals surface area (Å²) in [5.41, 5.74) is 1.06. The maximum Gasteiger partial charge on any atom is 0.274 e. The molecule has 1 aromatic carbocycles. The molecule has 7 nitrogen and oxygen atoms in total. The Labute approximate surface area is 154 Å². The van der Waals surface area contributed by atoms with E-state index in [9.17, 15) is 4.79 Å². The fraction of sp³-hybridized carbons (Fsp3) is 0.421. The molecule has 0 bridgehead atoms. The van der Waals surface area contributed by atoms with Crippen LogP contribution in [0.4, 0.5) is 11.5 Å². The molecule has 7 heteroatoms. The van der Waals surface area contributed by atoms with Gasteiger partial charge < -0.3 is 19.9 Å². The van der Waals surface area contributed by atoms with E-state index < -0.39 is 0 Å². The zero-order valence-electron chi connectivity index (χ0n) is 15.5. The van der Waals surface area contributed by atoms with Gasteiger partial charge >= 0.3 is 0 Å². The molecule has 0 aliphatic carbocycles. The Bertz CT molecular complexity index is 740. The van der Waals surface area contributed by atoms with Gasteiger partial charge in [-0.1, -0.05) is 0 Å². The van der Waals surface area contributed by atoms with Crippen LogP contribution in [0.3, 0.4) is 0 Å². The second-order valence-electron chi connectivity index (χ2n) is 6.70. The Morgan fingerprint density at radius 3 is 2.46 bits per heavy atom. The number of hydrogen-bond acceptors (Lipinski definition) is 6. The van der Waals surface area contributed by atoms with Crippen LogP contribution in [0.15, 0.2) is 36.7 Å². The minimum atomic E-state index is -0.250. The maximum atomic E-state index is 12.5. The number of benzene rings is 1. The van der Waals surface area contributed by atoms with Crippen molar-refractivity contribution >= 4 is 17.4 Å². The summed E-state index contributed by atoms with van der Waals surface area (Å²) < 4.78 is 5.61. The number of rotatable bonds is 5. The molecule has 0 atom stereocenters. The van der Waals surface area contributed by atoms with Gasteiger partial charge in [0.1, 0.15) is 23.6 Å². The van der Waals surface area contributed by atoms with Crippen LogP contribution in [0, 0.1) is 0 Å². The Kier molecular flexibility index (Phi) is 5.68. The normalized spacial score (nSPS) is 15.2. The van der Waals surface area contributed by atoms with Gasteiger partial charge in [-0.05, 0) is 45.2 Å². The Balaban J connectivity index is 1.65. The molecule has 3 rings (SSSR count). The molecule has 26 heavy (non-hydrogen) atoms. The van der Waals surface area contributed by atoms with E-state index in [1.807, 2.05) is 38.1 Å². The minimum Gasteiger partial charge on any atom is -0.491 e. The number of aromatic nitrogens is 2. The average Bonchev–Trinajstić information content (AvgIpc) is 2.63. The number of likely N-dealkylation sites (N-methyl/N-ethyl adjacent to an activating group) is 1. The summed E-state index contributed by atoms with van der Waals surface area (Å²) >= 11 is 0. The number of nitrogens with zero attached hydrogens (tertiary/aromatic N) is 4. The van der Waals surface area contributed by atoms with Gasteiger partial charge in [-0.3, -0.25) is 4.79 Å². The smallest absolute Gasteiger partial charge is 0.274 e. The van der Waals surface area contributed by atoms with E-state index in [1.165, 1.54) is 6.33 Å². The van der Waals surface area contributed by atoms with Crippen molar-refractivity contribution < 1.29 is 9.53 Å². The Morgan fingerprint density at radius 2 is 1.81 bits per heavy atom. The van der Waals surface area contributed by atoms with Gasteiger partial charge in [-0.25, -0.2) is 9.97 Å². The van der Waals surface area contributed by atoms with Gasteiger partial charge in [0.2, 0.25) is 0 Å². The SMILES string of the molecule is CC(C)Oc1ccc(NC(=O)c2cc(N3CCN(C)CC3)ncn2)cc1. The zero-order chi connectivity index (χ0) is 18.5. The monoisotopic (exact) mass is 355 g/mol. The molecular formula is C19H25N5O2. The number of amides is 1. The number of carbonyl (C=O) groups is 1. The molecule has 1 fully saturated rings. The number of ether oxygens (including phenoxy) is 1. The van der Waals surface area contributed by atoms with E-state index in [1.54, 1.807) is 6.07 Å². The van der Waals surface area contributed by atoms with Crippen molar-refractivity contribution in [3.05, 3.63) is 42.4 Å². The van der Waals surface area contributed by atoms with E-state index in [0.29, 0.717) is 11.4 Å². The fourth-order valence-corrected chi connectivity index (χ4v) is 2.76. The molecule has 0 radical (unpaired) electrons. The van der Waals surface area contributed by atoms with Gasteiger partial charge in [-0.15, -0.1) is 0 Å². The third kappa shape index (κ3) is 4.70. The number of piperazine rings is 1. The van der Waals surface area contributed by atoms with E-state index in [4.69, 9.17) is 4.74 Å². The fourth-order valence-electron chi connectivity index (χ4n) is 2.76. The van der Waals surface area contributed by atoms with Crippen LogP contribution in [-0.2, 0) is 0 Å². The van der Waals surface area contributed by atoms with Gasteiger partial charge in [0, 0.05) is 37.9 Å². The lowest BCUT2D eigenvalue weighted by atomic mass is 10.2. The summed E-state index contributed by atoms with van der Waals surface area (Å²) in [5.74, 6) is 1.32. The predicted molar refractivity (Wildman–Crippen MR) is 102 cm³/mol. The van der Waals surface area contributed by atoms with Crippen molar-refractivity contribution in [2.45, 2.75) is 20.0 Å². The van der Waals surface area contributed by atoms with Crippen molar-refractivity contribution in [1.82, 2.24) is 14.9 Å². The van der Waals surface area contributed by atoms with Crippen LogP contribution in [0.1, 0.15) is 24.3 Å². The minimum absolute atomic E-state index is 0.115. The first-order chi connectivity index (χ1) is 12.5. The molecule has 1 saturated heterocycles. The standard InChI is InChI=1S/C19H25N5O2/c1-14(2)26-16-6-4-15(5-7-16)22-19(25)17-12-18(21-13-20-17)24-10-8-23(3)9-11-24/h4-7,12-14H,8-11H2,1-3H3,(H,22,25). The van der Waals surface area contributed by atoms with Crippen LogP contribution in [0.5, 0.6) is 5.75 Å². The Morgan fingerprint density at radius 1 is 1.12 bits per heavy atom. The van der Waals surface area contributed by atoms with Crippen molar-refractivity contribution in [3.8, 4) is 5.75 Å². The van der Waals surface area contributed by atoms with Gasteiger partial charge in [0.05, 0.1) is 6.10 Å². The molecule has 1 aliphatic rings. The number of nitrogens with one attached hydrogen (secondary N) is 1. The number of carbonyl (C=O) groups excluding carboxylic acids is 1. The van der Waals surface area contributed by atoms with E-state index >= 15 is 0 Å². The van der Waals surface area contributed by atoms with Crippen molar-refractivity contribution in [3.63, 3.8) is 0 Å². The summed E-state index contributed by atoms with van der Waals surface area (Å²) in [6.07, 6.45) is 1.56. The molecule has 2 aromatic rings. The van der Waals surface area contributed by atoms with Crippen molar-refractivity contribution in [2.24, 2.45) is 0 Å². The second-order valence-corrected chi connectivity index (χ2v) is 6.70. The van der Waals surface area contributed by atoms with Gasteiger partial charge in [0.15, 0.2) is 0 Å². The van der Waals surface area contributed by atoms with Crippen LogP contribution in [0.2, 0.25) is 0 Å². The second kappa shape index (κ2) is 8.14. The zero-order valence-corrected chi connectivity index (χ0v) is 15.5. The molecule has 1 aromatic heterocycles. The van der Waals surface area contributed by atoms with Gasteiger partial charge in [0.25, 0.3) is 5.91 Å². The first kappa shape index (κ1) is 18.1. The highest BCUT2D eigenvalue weighted by Crippen LogP contribution is 2.18. The molecule has 0 unspecified atom stereocenters. The lowest BCUT2D eigenvalue weighted by Gasteiger charge is -2.33. The van der Waals surface area contributed by atoms with E-state index in [2.05, 4.69) is 32.1 Å². The topological polar surface area (TPSA) is 70.6 Å². The van der Waals surface area contributed by atoms with E-state index in [0.717, 1.165) is 37.7 Å². The van der Waals surface area contributed by atoms with Crippen LogP contribution in [-0.4, -0.2) is 60.1 Å². The summed E-state index contributed by atoms with van der Waals surface area (Å²) in [6.45, 7) is 7.70. The summed E-state index contributed by atoms with van der Waals surface area (Å²) in [4.78, 5) is 25.4. The first-order valence-corrected chi connectivity index (χ1v) is 8.85. The van der Waals surface area contributed by atoms with Crippen LogP contribution >= 0.6 is 0 Å². The Hall–Kier alpha value is -2.67. The highest BCUT2D eigenvalue weighted by atomic mass is 16.5. The van der Waals surface area contributed by atoms with Crippen LogP contribution < -0.4 is 15.0 Å². The molecule has 2 heterocycles. The lowest BCUT2D eigenvalue weighted by molar-refractivity contribution is 0.102. The predicted octanol–water partition coefficient (Wildman–Crippen LogP) is 2.27. The number of hydrogen-bond donors (Lipinski definition) is 1. The quantitative estimate of drug-likeness (QED) is 0.887. The van der Waals surface area contributed by atoms with Crippen molar-refractivity contribution in [1.29, 1.82) is 0 Å².